The van der Waals surface area contributed by atoms with Crippen LogP contribution in [0.1, 0.15) is 41.3 Å². The molecule has 5 nitrogen and oxygen atoms in total. The highest BCUT2D eigenvalue weighted by molar-refractivity contribution is 7.92. The molecule has 1 N–H and O–H groups in total. The molecule has 168 valence electrons. The number of hydrazine groups is 1. The summed E-state index contributed by atoms with van der Waals surface area (Å²) in [4.78, 5) is 12.6. The first kappa shape index (κ1) is 23.7. The van der Waals surface area contributed by atoms with Gasteiger partial charge in [0.25, 0.3) is 0 Å². The van der Waals surface area contributed by atoms with Gasteiger partial charge < -0.3 is 0 Å². The van der Waals surface area contributed by atoms with Crippen LogP contribution < -0.4 is 9.84 Å². The van der Waals surface area contributed by atoms with Gasteiger partial charge in [-0.05, 0) is 54.7 Å². The number of nitrogens with zero attached hydrogens (tertiary/aromatic N) is 1. The summed E-state index contributed by atoms with van der Waals surface area (Å²) in [6, 6.07) is 26.5. The summed E-state index contributed by atoms with van der Waals surface area (Å²) in [5, 5.41) is 0. The molecular formula is C26H30N2O3S. The van der Waals surface area contributed by atoms with E-state index in [-0.39, 0.29) is 11.5 Å². The Morgan fingerprint density at radius 3 is 2.03 bits per heavy atom. The summed E-state index contributed by atoms with van der Waals surface area (Å²) in [6.07, 6.45) is 2.51. The summed E-state index contributed by atoms with van der Waals surface area (Å²) in [6.45, 7) is 2.36. The lowest BCUT2D eigenvalue weighted by Gasteiger charge is -2.25. The maximum absolute atomic E-state index is 12.9. The molecule has 0 fully saturated rings. The number of nitrogens with one attached hydrogen (secondary N) is 1. The molecule has 0 aliphatic rings. The van der Waals surface area contributed by atoms with Crippen LogP contribution in [0.5, 0.6) is 0 Å². The highest BCUT2D eigenvalue weighted by atomic mass is 32.2. The number of sulfonamides is 1. The Labute approximate surface area is 191 Å². The molecule has 0 radical (unpaired) electrons. The zero-order valence-corrected chi connectivity index (χ0v) is 19.2. The first-order chi connectivity index (χ1) is 15.5. The number of anilines is 1. The first-order valence-corrected chi connectivity index (χ1v) is 12.6. The van der Waals surface area contributed by atoms with Gasteiger partial charge in [0.1, 0.15) is 0 Å². The molecule has 0 spiro atoms. The van der Waals surface area contributed by atoms with Crippen molar-refractivity contribution >= 4 is 21.5 Å². The highest BCUT2D eigenvalue weighted by Gasteiger charge is 2.22. The van der Waals surface area contributed by atoms with Crippen LogP contribution in [0, 0.1) is 0 Å². The lowest BCUT2D eigenvalue weighted by Crippen LogP contribution is -2.44. The molecule has 3 aromatic carbocycles. The van der Waals surface area contributed by atoms with E-state index in [9.17, 15) is 13.2 Å². The largest absolute Gasteiger partial charge is 0.294 e. The van der Waals surface area contributed by atoms with E-state index in [0.717, 1.165) is 18.4 Å². The standard InChI is InChI=1S/C26H30N2O3S/c1-2-20-32(30,31)28(27-19-9-14-22-10-5-3-6-11-22)25-17-15-24(16-18-25)26(29)21-23-12-7-4-8-13-23/h3-8,10-13,15-18,27H,2,9,14,19-21H2,1H3. The van der Waals surface area contributed by atoms with Gasteiger partial charge in [-0.1, -0.05) is 67.6 Å². The van der Waals surface area contributed by atoms with Crippen LogP contribution >= 0.6 is 0 Å². The van der Waals surface area contributed by atoms with Gasteiger partial charge in [0.15, 0.2) is 5.78 Å². The second-order valence-corrected chi connectivity index (χ2v) is 9.65. The minimum absolute atomic E-state index is 0.00142. The second-order valence-electron chi connectivity index (χ2n) is 7.71. The zero-order valence-electron chi connectivity index (χ0n) is 18.4. The summed E-state index contributed by atoms with van der Waals surface area (Å²) in [5.41, 5.74) is 6.33. The molecule has 6 heteroatoms. The van der Waals surface area contributed by atoms with E-state index in [4.69, 9.17) is 0 Å². The van der Waals surface area contributed by atoms with Crippen LogP contribution in [0.15, 0.2) is 84.9 Å². The van der Waals surface area contributed by atoms with Gasteiger partial charge in [0.05, 0.1) is 11.4 Å². The number of hydrogen-bond acceptors (Lipinski definition) is 4. The average Bonchev–Trinajstić information content (AvgIpc) is 2.80. The third-order valence-electron chi connectivity index (χ3n) is 5.11. The van der Waals surface area contributed by atoms with Crippen molar-refractivity contribution in [3.63, 3.8) is 0 Å². The molecule has 0 aromatic heterocycles. The van der Waals surface area contributed by atoms with Gasteiger partial charge in [0.2, 0.25) is 10.0 Å². The molecule has 0 amide bonds. The van der Waals surface area contributed by atoms with E-state index in [1.54, 1.807) is 24.3 Å². The number of carbonyl (C=O) groups is 1. The smallest absolute Gasteiger partial charge is 0.248 e. The molecule has 0 heterocycles. The van der Waals surface area contributed by atoms with Crippen LogP contribution in [-0.4, -0.2) is 26.5 Å². The molecule has 0 bridgehead atoms. The molecule has 0 saturated heterocycles. The van der Waals surface area contributed by atoms with Crippen molar-refractivity contribution in [2.45, 2.75) is 32.6 Å². The van der Waals surface area contributed by atoms with Crippen molar-refractivity contribution in [3.05, 3.63) is 102 Å². The number of aryl methyl sites for hydroxylation is 1. The van der Waals surface area contributed by atoms with Gasteiger partial charge in [0, 0.05) is 18.5 Å². The zero-order chi connectivity index (χ0) is 22.8. The number of rotatable bonds is 12. The summed E-state index contributed by atoms with van der Waals surface area (Å²) >= 11 is 0. The van der Waals surface area contributed by atoms with E-state index >= 15 is 0 Å². The van der Waals surface area contributed by atoms with Crippen molar-refractivity contribution in [1.29, 1.82) is 0 Å². The quantitative estimate of drug-likeness (QED) is 0.245. The van der Waals surface area contributed by atoms with Crippen molar-refractivity contribution in [2.24, 2.45) is 0 Å². The maximum atomic E-state index is 12.9. The van der Waals surface area contributed by atoms with Gasteiger partial charge in [-0.15, -0.1) is 0 Å². The lowest BCUT2D eigenvalue weighted by atomic mass is 10.0. The van der Waals surface area contributed by atoms with Gasteiger partial charge >= 0.3 is 0 Å². The minimum Gasteiger partial charge on any atom is -0.294 e. The third-order valence-corrected chi connectivity index (χ3v) is 6.93. The van der Waals surface area contributed by atoms with Crippen molar-refractivity contribution < 1.29 is 13.2 Å². The lowest BCUT2D eigenvalue weighted by molar-refractivity contribution is 0.0993. The molecular weight excluding hydrogens is 420 g/mol. The maximum Gasteiger partial charge on any atom is 0.248 e. The number of benzene rings is 3. The van der Waals surface area contributed by atoms with Gasteiger partial charge in [-0.3, -0.25) is 4.79 Å². The Hall–Kier alpha value is -2.96. The fourth-order valence-electron chi connectivity index (χ4n) is 3.48. The molecule has 3 rings (SSSR count). The third kappa shape index (κ3) is 6.77. The van der Waals surface area contributed by atoms with Crippen LogP contribution in [0.4, 0.5) is 5.69 Å². The Morgan fingerprint density at radius 2 is 1.44 bits per heavy atom. The fraction of sp³-hybridized carbons (Fsp3) is 0.269. The molecule has 3 aromatic rings. The van der Waals surface area contributed by atoms with E-state index < -0.39 is 10.0 Å². The summed E-state index contributed by atoms with van der Waals surface area (Å²) in [7, 11) is -3.51. The van der Waals surface area contributed by atoms with Crippen LogP contribution in [0.3, 0.4) is 0 Å². The Bertz CT molecular complexity index is 1080. The number of ketones is 1. The summed E-state index contributed by atoms with van der Waals surface area (Å²) < 4.78 is 27.0. The minimum atomic E-state index is -3.51. The summed E-state index contributed by atoms with van der Waals surface area (Å²) in [5.74, 6) is 0.0504. The molecule has 32 heavy (non-hydrogen) atoms. The normalized spacial score (nSPS) is 11.3. The van der Waals surface area contributed by atoms with Crippen LogP contribution in [0.2, 0.25) is 0 Å². The molecule has 0 atom stereocenters. The molecule has 0 saturated carbocycles. The number of Topliss-reactive ketones (excluding diaryl/α,β-unsaturated/α-hetero) is 1. The first-order valence-electron chi connectivity index (χ1n) is 11.0. The van der Waals surface area contributed by atoms with E-state index in [1.165, 1.54) is 9.98 Å². The van der Waals surface area contributed by atoms with Crippen molar-refractivity contribution in [2.75, 3.05) is 16.7 Å². The van der Waals surface area contributed by atoms with E-state index in [0.29, 0.717) is 30.6 Å². The predicted octanol–water partition coefficient (Wildman–Crippen LogP) is 4.80. The van der Waals surface area contributed by atoms with E-state index in [1.807, 2.05) is 55.5 Å². The Morgan fingerprint density at radius 1 is 0.844 bits per heavy atom. The Kier molecular flexibility index (Phi) is 8.59. The van der Waals surface area contributed by atoms with Gasteiger partial charge in [-0.25, -0.2) is 18.3 Å². The fourth-order valence-corrected chi connectivity index (χ4v) is 4.91. The number of carbonyl (C=O) groups excluding carboxylic acids is 1. The van der Waals surface area contributed by atoms with Crippen molar-refractivity contribution in [1.82, 2.24) is 5.43 Å². The van der Waals surface area contributed by atoms with E-state index in [2.05, 4.69) is 17.6 Å². The monoisotopic (exact) mass is 450 g/mol. The number of hydrogen-bond donors (Lipinski definition) is 1. The molecule has 0 unspecified atom stereocenters. The Balaban J connectivity index is 1.67. The highest BCUT2D eigenvalue weighted by Crippen LogP contribution is 2.19. The van der Waals surface area contributed by atoms with Crippen LogP contribution in [-0.2, 0) is 22.9 Å². The van der Waals surface area contributed by atoms with Crippen LogP contribution in [0.25, 0.3) is 0 Å². The predicted molar refractivity (Wildman–Crippen MR) is 130 cm³/mol. The van der Waals surface area contributed by atoms with Gasteiger partial charge in [-0.2, -0.15) is 0 Å². The van der Waals surface area contributed by atoms with Crippen molar-refractivity contribution in [3.8, 4) is 0 Å². The SMILES string of the molecule is CCCS(=O)(=O)N(NCCCc1ccccc1)c1ccc(C(=O)Cc2ccccc2)cc1. The topological polar surface area (TPSA) is 66.5 Å². The second kappa shape index (κ2) is 11.6. The molecule has 0 aliphatic carbocycles. The average molecular weight is 451 g/mol. The molecule has 0 aliphatic heterocycles.